The van der Waals surface area contributed by atoms with Crippen molar-refractivity contribution in [2.24, 2.45) is 5.92 Å². The van der Waals surface area contributed by atoms with E-state index in [-0.39, 0.29) is 11.7 Å². The lowest BCUT2D eigenvalue weighted by molar-refractivity contribution is -0.140. The Morgan fingerprint density at radius 1 is 1.44 bits per heavy atom. The molecule has 2 rings (SSSR count). The minimum atomic E-state index is -4.50. The monoisotopic (exact) mass is 260 g/mol. The van der Waals surface area contributed by atoms with Gasteiger partial charge in [-0.25, -0.2) is 0 Å². The van der Waals surface area contributed by atoms with Crippen molar-refractivity contribution in [3.63, 3.8) is 0 Å². The first-order valence-electron chi connectivity index (χ1n) is 5.41. The molecule has 0 bridgehead atoms. The smallest absolute Gasteiger partial charge is 0.418 e. The second-order valence-corrected chi connectivity index (χ2v) is 4.02. The van der Waals surface area contributed by atoms with Crippen molar-refractivity contribution >= 4 is 5.97 Å². The maximum Gasteiger partial charge on any atom is 0.418 e. The van der Waals surface area contributed by atoms with Crippen LogP contribution in [-0.2, 0) is 11.0 Å². The second-order valence-electron chi connectivity index (χ2n) is 4.02. The largest absolute Gasteiger partial charge is 0.425 e. The molecule has 1 N–H and O–H groups in total. The molecule has 2 heterocycles. The van der Waals surface area contributed by atoms with E-state index in [4.69, 9.17) is 4.74 Å². The van der Waals surface area contributed by atoms with E-state index >= 15 is 0 Å². The number of hydrogen-bond donors (Lipinski definition) is 1. The zero-order valence-electron chi connectivity index (χ0n) is 9.33. The average molecular weight is 260 g/mol. The van der Waals surface area contributed by atoms with Gasteiger partial charge < -0.3 is 10.1 Å². The minimum absolute atomic E-state index is 0.179. The van der Waals surface area contributed by atoms with Gasteiger partial charge in [0.1, 0.15) is 5.75 Å². The van der Waals surface area contributed by atoms with Gasteiger partial charge in [-0.2, -0.15) is 13.2 Å². The summed E-state index contributed by atoms with van der Waals surface area (Å²) in [5.41, 5.74) is -0.933. The fourth-order valence-corrected chi connectivity index (χ4v) is 1.68. The number of hydrogen-bond acceptors (Lipinski definition) is 4. The Morgan fingerprint density at radius 3 is 2.83 bits per heavy atom. The number of aromatic nitrogens is 1. The Labute approximate surface area is 101 Å². The van der Waals surface area contributed by atoms with Crippen LogP contribution in [0, 0.1) is 5.92 Å². The van der Waals surface area contributed by atoms with Gasteiger partial charge in [0, 0.05) is 12.7 Å². The molecule has 1 unspecified atom stereocenters. The van der Waals surface area contributed by atoms with E-state index in [1.807, 2.05) is 0 Å². The van der Waals surface area contributed by atoms with E-state index in [1.54, 1.807) is 0 Å². The highest BCUT2D eigenvalue weighted by Crippen LogP contribution is 2.30. The van der Waals surface area contributed by atoms with Crippen molar-refractivity contribution in [1.82, 2.24) is 10.3 Å². The van der Waals surface area contributed by atoms with Crippen LogP contribution < -0.4 is 10.1 Å². The number of nitrogens with zero attached hydrogens (tertiary/aromatic N) is 1. The molecule has 1 aliphatic heterocycles. The Morgan fingerprint density at radius 2 is 2.22 bits per heavy atom. The number of esters is 1. The highest BCUT2D eigenvalue weighted by molar-refractivity contribution is 5.75. The summed E-state index contributed by atoms with van der Waals surface area (Å²) < 4.78 is 42.1. The van der Waals surface area contributed by atoms with E-state index in [0.29, 0.717) is 25.7 Å². The number of rotatable bonds is 2. The molecule has 1 aromatic heterocycles. The fraction of sp³-hybridized carbons (Fsp3) is 0.455. The zero-order chi connectivity index (χ0) is 13.2. The molecular weight excluding hydrogens is 249 g/mol. The van der Waals surface area contributed by atoms with E-state index < -0.39 is 17.7 Å². The summed E-state index contributed by atoms with van der Waals surface area (Å²) in [6.45, 7) is 1.20. The third kappa shape index (κ3) is 2.98. The van der Waals surface area contributed by atoms with Crippen LogP contribution in [0.4, 0.5) is 13.2 Å². The van der Waals surface area contributed by atoms with E-state index in [2.05, 4.69) is 10.3 Å². The van der Waals surface area contributed by atoms with Gasteiger partial charge in [0.15, 0.2) is 0 Å². The lowest BCUT2D eigenvalue weighted by atomic mass is 10.1. The van der Waals surface area contributed by atoms with Crippen LogP contribution in [-0.4, -0.2) is 24.0 Å². The van der Waals surface area contributed by atoms with Crippen LogP contribution >= 0.6 is 0 Å². The Kier molecular flexibility index (Phi) is 3.51. The summed E-state index contributed by atoms with van der Waals surface area (Å²) in [6, 6.07) is 0.771. The van der Waals surface area contributed by atoms with Crippen molar-refractivity contribution in [2.75, 3.05) is 13.1 Å². The van der Waals surface area contributed by atoms with Crippen molar-refractivity contribution in [2.45, 2.75) is 12.6 Å². The molecule has 4 nitrogen and oxygen atoms in total. The molecule has 18 heavy (non-hydrogen) atoms. The summed E-state index contributed by atoms with van der Waals surface area (Å²) in [6.07, 6.45) is -2.08. The van der Waals surface area contributed by atoms with Crippen molar-refractivity contribution in [3.8, 4) is 5.75 Å². The van der Waals surface area contributed by atoms with Gasteiger partial charge in [-0.1, -0.05) is 0 Å². The second kappa shape index (κ2) is 4.93. The number of halogens is 3. The SMILES string of the molecule is O=C(Oc1cncc(C(F)(F)F)c1)C1CCNC1. The molecular formula is C11H11F3N2O2. The third-order valence-corrected chi connectivity index (χ3v) is 2.65. The van der Waals surface area contributed by atoms with Crippen LogP contribution in [0.1, 0.15) is 12.0 Å². The lowest BCUT2D eigenvalue weighted by Gasteiger charge is -2.10. The number of pyridine rings is 1. The zero-order valence-corrected chi connectivity index (χ0v) is 9.33. The molecule has 0 spiro atoms. The van der Waals surface area contributed by atoms with Crippen molar-refractivity contribution in [1.29, 1.82) is 0 Å². The molecule has 1 atom stereocenters. The molecule has 0 aromatic carbocycles. The van der Waals surface area contributed by atoms with Crippen LogP contribution in [0.3, 0.4) is 0 Å². The Balaban J connectivity index is 2.07. The van der Waals surface area contributed by atoms with Gasteiger partial charge in [-0.3, -0.25) is 9.78 Å². The molecule has 0 aliphatic carbocycles. The molecule has 1 saturated heterocycles. The Bertz CT molecular complexity index is 442. The quantitative estimate of drug-likeness (QED) is 0.821. The predicted molar refractivity (Wildman–Crippen MR) is 55.9 cm³/mol. The van der Waals surface area contributed by atoms with Gasteiger partial charge in [0.2, 0.25) is 0 Å². The van der Waals surface area contributed by atoms with Crippen molar-refractivity contribution in [3.05, 3.63) is 24.0 Å². The van der Waals surface area contributed by atoms with E-state index in [0.717, 1.165) is 12.3 Å². The molecule has 1 aliphatic rings. The van der Waals surface area contributed by atoms with Crippen LogP contribution in [0.25, 0.3) is 0 Å². The van der Waals surface area contributed by atoms with Crippen LogP contribution in [0.2, 0.25) is 0 Å². The standard InChI is InChI=1S/C11H11F3N2O2/c12-11(13,14)8-3-9(6-16-5-8)18-10(17)7-1-2-15-4-7/h3,5-7,15H,1-2,4H2. The van der Waals surface area contributed by atoms with Gasteiger partial charge in [-0.05, 0) is 19.0 Å². The molecule has 0 amide bonds. The molecule has 0 radical (unpaired) electrons. The van der Waals surface area contributed by atoms with Gasteiger partial charge in [0.25, 0.3) is 0 Å². The topological polar surface area (TPSA) is 51.2 Å². The summed E-state index contributed by atoms with van der Waals surface area (Å²) >= 11 is 0. The number of carbonyl (C=O) groups is 1. The van der Waals surface area contributed by atoms with Crippen LogP contribution in [0.15, 0.2) is 18.5 Å². The summed E-state index contributed by atoms with van der Waals surface area (Å²) in [5.74, 6) is -1.01. The van der Waals surface area contributed by atoms with E-state index in [9.17, 15) is 18.0 Å². The van der Waals surface area contributed by atoms with E-state index in [1.165, 1.54) is 0 Å². The highest BCUT2D eigenvalue weighted by Gasteiger charge is 2.32. The van der Waals surface area contributed by atoms with Gasteiger partial charge >= 0.3 is 12.1 Å². The maximum absolute atomic E-state index is 12.4. The first-order chi connectivity index (χ1) is 8.47. The first-order valence-corrected chi connectivity index (χ1v) is 5.41. The fourth-order valence-electron chi connectivity index (χ4n) is 1.68. The lowest BCUT2D eigenvalue weighted by Crippen LogP contribution is -2.22. The predicted octanol–water partition coefficient (Wildman–Crippen LogP) is 1.62. The number of carbonyl (C=O) groups excluding carboxylic acids is 1. The minimum Gasteiger partial charge on any atom is -0.425 e. The molecule has 1 aromatic rings. The molecule has 1 fully saturated rings. The van der Waals surface area contributed by atoms with Gasteiger partial charge in [0.05, 0.1) is 17.7 Å². The summed E-state index contributed by atoms with van der Waals surface area (Å²) in [5, 5.41) is 2.98. The van der Waals surface area contributed by atoms with Gasteiger partial charge in [-0.15, -0.1) is 0 Å². The third-order valence-electron chi connectivity index (χ3n) is 2.65. The summed E-state index contributed by atoms with van der Waals surface area (Å²) in [4.78, 5) is 15.0. The first kappa shape index (κ1) is 12.8. The number of nitrogens with one attached hydrogen (secondary N) is 1. The Hall–Kier alpha value is -1.63. The molecule has 7 heteroatoms. The average Bonchev–Trinajstić information content (AvgIpc) is 2.81. The number of ether oxygens (including phenoxy) is 1. The normalized spacial score (nSPS) is 19.8. The highest BCUT2D eigenvalue weighted by atomic mass is 19.4. The molecule has 0 saturated carbocycles. The van der Waals surface area contributed by atoms with Crippen LogP contribution in [0.5, 0.6) is 5.75 Å². The van der Waals surface area contributed by atoms with Crippen molar-refractivity contribution < 1.29 is 22.7 Å². The molecule has 98 valence electrons. The maximum atomic E-state index is 12.4. The number of alkyl halides is 3. The summed E-state index contributed by atoms with van der Waals surface area (Å²) in [7, 11) is 0.